The van der Waals surface area contributed by atoms with E-state index in [-0.39, 0.29) is 6.03 Å². The Kier molecular flexibility index (Phi) is 5.24. The summed E-state index contributed by atoms with van der Waals surface area (Å²) in [5.74, 6) is 6.41. The summed E-state index contributed by atoms with van der Waals surface area (Å²) in [6.45, 7) is 6.14. The number of aryl methyl sites for hydroxylation is 1. The number of urea groups is 1. The van der Waals surface area contributed by atoms with Gasteiger partial charge in [-0.05, 0) is 43.4 Å². The molecule has 0 aromatic heterocycles. The van der Waals surface area contributed by atoms with E-state index in [0.29, 0.717) is 12.5 Å². The van der Waals surface area contributed by atoms with Crippen LogP contribution in [0.2, 0.25) is 0 Å². The summed E-state index contributed by atoms with van der Waals surface area (Å²) >= 11 is 0. The van der Waals surface area contributed by atoms with Gasteiger partial charge in [0.1, 0.15) is 0 Å². The molecule has 2 amide bonds. The number of nitrogens with one attached hydrogen (secondary N) is 1. The third kappa shape index (κ3) is 4.24. The lowest BCUT2D eigenvalue weighted by Crippen LogP contribution is -2.41. The molecular formula is C17H23N3O. The Bertz CT molecular complexity index is 571. The summed E-state index contributed by atoms with van der Waals surface area (Å²) in [6.07, 6.45) is 2.27. The van der Waals surface area contributed by atoms with Crippen molar-refractivity contribution in [2.24, 2.45) is 11.7 Å². The van der Waals surface area contributed by atoms with E-state index < -0.39 is 0 Å². The van der Waals surface area contributed by atoms with Crippen molar-refractivity contribution in [1.29, 1.82) is 0 Å². The van der Waals surface area contributed by atoms with Crippen LogP contribution in [0, 0.1) is 24.7 Å². The Hall–Kier alpha value is -1.99. The van der Waals surface area contributed by atoms with E-state index in [1.807, 2.05) is 30.0 Å². The molecule has 21 heavy (non-hydrogen) atoms. The second kappa shape index (κ2) is 7.14. The molecule has 0 spiro atoms. The highest BCUT2D eigenvalue weighted by Crippen LogP contribution is 2.20. The molecule has 1 fully saturated rings. The highest BCUT2D eigenvalue weighted by molar-refractivity contribution is 5.91. The number of benzene rings is 1. The fourth-order valence-electron chi connectivity index (χ4n) is 2.58. The fourth-order valence-corrected chi connectivity index (χ4v) is 2.58. The van der Waals surface area contributed by atoms with Gasteiger partial charge in [0.2, 0.25) is 0 Å². The highest BCUT2D eigenvalue weighted by Gasteiger charge is 2.21. The minimum absolute atomic E-state index is 0.0389. The monoisotopic (exact) mass is 285 g/mol. The minimum atomic E-state index is -0.0389. The average Bonchev–Trinajstić information content (AvgIpc) is 2.46. The largest absolute Gasteiger partial charge is 0.324 e. The number of piperidine rings is 1. The first-order chi connectivity index (χ1) is 10.1. The van der Waals surface area contributed by atoms with Crippen LogP contribution in [-0.2, 0) is 0 Å². The zero-order chi connectivity index (χ0) is 15.2. The maximum atomic E-state index is 12.4. The summed E-state index contributed by atoms with van der Waals surface area (Å²) in [6, 6.07) is 5.82. The number of nitrogens with two attached hydrogens (primary N) is 1. The zero-order valence-electron chi connectivity index (χ0n) is 12.8. The van der Waals surface area contributed by atoms with Crippen molar-refractivity contribution in [3.63, 3.8) is 0 Å². The van der Waals surface area contributed by atoms with Crippen LogP contribution in [0.1, 0.15) is 30.9 Å². The van der Waals surface area contributed by atoms with Gasteiger partial charge in [0.15, 0.2) is 0 Å². The quantitative estimate of drug-likeness (QED) is 0.779. The third-order valence-electron chi connectivity index (χ3n) is 3.69. The number of hydrogen-bond acceptors (Lipinski definition) is 2. The van der Waals surface area contributed by atoms with E-state index in [2.05, 4.69) is 24.1 Å². The summed E-state index contributed by atoms with van der Waals surface area (Å²) in [5.41, 5.74) is 8.09. The van der Waals surface area contributed by atoms with Gasteiger partial charge in [-0.2, -0.15) is 0 Å². The van der Waals surface area contributed by atoms with Crippen molar-refractivity contribution in [2.75, 3.05) is 25.0 Å². The molecule has 1 aliphatic heterocycles. The maximum absolute atomic E-state index is 12.4. The van der Waals surface area contributed by atoms with Crippen LogP contribution >= 0.6 is 0 Å². The number of anilines is 1. The third-order valence-corrected chi connectivity index (χ3v) is 3.69. The van der Waals surface area contributed by atoms with Crippen molar-refractivity contribution in [1.82, 2.24) is 4.90 Å². The van der Waals surface area contributed by atoms with Gasteiger partial charge in [-0.1, -0.05) is 24.8 Å². The summed E-state index contributed by atoms with van der Waals surface area (Å²) in [7, 11) is 0. The summed E-state index contributed by atoms with van der Waals surface area (Å²) < 4.78 is 0. The summed E-state index contributed by atoms with van der Waals surface area (Å²) in [5, 5.41) is 2.99. The van der Waals surface area contributed by atoms with Gasteiger partial charge in [0.25, 0.3) is 0 Å². The molecule has 3 N–H and O–H groups in total. The van der Waals surface area contributed by atoms with Gasteiger partial charge in [-0.15, -0.1) is 0 Å². The lowest BCUT2D eigenvalue weighted by Gasteiger charge is -2.31. The zero-order valence-corrected chi connectivity index (χ0v) is 12.8. The van der Waals surface area contributed by atoms with Crippen LogP contribution in [0.15, 0.2) is 18.2 Å². The Morgan fingerprint density at radius 2 is 2.33 bits per heavy atom. The Balaban J connectivity index is 2.14. The molecule has 1 atom stereocenters. The standard InChI is InChI=1S/C17H23N3O/c1-13-7-8-15(6-3-9-18)16(11-13)19-17(21)20-10-4-5-14(2)12-20/h7-8,11,14H,4-5,9-10,12,18H2,1-2H3,(H,19,21). The number of carbonyl (C=O) groups is 1. The second-order valence-electron chi connectivity index (χ2n) is 5.68. The van der Waals surface area contributed by atoms with E-state index in [4.69, 9.17) is 5.73 Å². The van der Waals surface area contributed by atoms with Gasteiger partial charge in [0.05, 0.1) is 12.2 Å². The van der Waals surface area contributed by atoms with E-state index in [1.165, 1.54) is 6.42 Å². The van der Waals surface area contributed by atoms with Crippen molar-refractivity contribution in [3.8, 4) is 11.8 Å². The van der Waals surface area contributed by atoms with Crippen LogP contribution in [0.5, 0.6) is 0 Å². The van der Waals surface area contributed by atoms with Crippen molar-refractivity contribution < 1.29 is 4.79 Å². The number of amides is 2. The lowest BCUT2D eigenvalue weighted by molar-refractivity contribution is 0.182. The van der Waals surface area contributed by atoms with Gasteiger partial charge in [-0.3, -0.25) is 0 Å². The van der Waals surface area contributed by atoms with Crippen LogP contribution in [0.4, 0.5) is 10.5 Å². The topological polar surface area (TPSA) is 58.4 Å². The molecule has 4 heteroatoms. The molecule has 4 nitrogen and oxygen atoms in total. The van der Waals surface area contributed by atoms with E-state index in [9.17, 15) is 4.79 Å². The van der Waals surface area contributed by atoms with E-state index in [1.54, 1.807) is 0 Å². The smallest absolute Gasteiger partial charge is 0.321 e. The molecule has 0 bridgehead atoms. The molecule has 1 saturated heterocycles. The van der Waals surface area contributed by atoms with E-state index in [0.717, 1.165) is 36.3 Å². The molecule has 1 aliphatic rings. The number of nitrogens with zero attached hydrogens (tertiary/aromatic N) is 1. The molecule has 112 valence electrons. The first-order valence-corrected chi connectivity index (χ1v) is 7.45. The lowest BCUT2D eigenvalue weighted by atomic mass is 10.0. The molecule has 1 unspecified atom stereocenters. The molecule has 1 aromatic carbocycles. The molecule has 0 radical (unpaired) electrons. The Labute approximate surface area is 126 Å². The van der Waals surface area contributed by atoms with E-state index >= 15 is 0 Å². The maximum Gasteiger partial charge on any atom is 0.321 e. The average molecular weight is 285 g/mol. The van der Waals surface area contributed by atoms with Crippen molar-refractivity contribution >= 4 is 11.7 Å². The van der Waals surface area contributed by atoms with Crippen LogP contribution in [0.25, 0.3) is 0 Å². The highest BCUT2D eigenvalue weighted by atomic mass is 16.2. The predicted octanol–water partition coefficient (Wildman–Crippen LogP) is 2.57. The van der Waals surface area contributed by atoms with Crippen LogP contribution < -0.4 is 11.1 Å². The number of likely N-dealkylation sites (tertiary alicyclic amines) is 1. The number of carbonyl (C=O) groups excluding carboxylic acids is 1. The van der Waals surface area contributed by atoms with Gasteiger partial charge in [-0.25, -0.2) is 4.79 Å². The second-order valence-corrected chi connectivity index (χ2v) is 5.68. The fraction of sp³-hybridized carbons (Fsp3) is 0.471. The molecular weight excluding hydrogens is 262 g/mol. The Morgan fingerprint density at radius 3 is 3.05 bits per heavy atom. The molecule has 1 heterocycles. The molecule has 0 aliphatic carbocycles. The normalized spacial score (nSPS) is 17.9. The SMILES string of the molecule is Cc1ccc(C#CCN)c(NC(=O)N2CCCC(C)C2)c1. The van der Waals surface area contributed by atoms with Crippen molar-refractivity contribution in [3.05, 3.63) is 29.3 Å². The first kappa shape index (κ1) is 15.4. The molecule has 1 aromatic rings. The van der Waals surface area contributed by atoms with Gasteiger partial charge in [0, 0.05) is 18.7 Å². The number of hydrogen-bond donors (Lipinski definition) is 2. The predicted molar refractivity (Wildman–Crippen MR) is 86.1 cm³/mol. The minimum Gasteiger partial charge on any atom is -0.324 e. The Morgan fingerprint density at radius 1 is 1.52 bits per heavy atom. The van der Waals surface area contributed by atoms with Crippen LogP contribution in [-0.4, -0.2) is 30.6 Å². The van der Waals surface area contributed by atoms with Crippen LogP contribution in [0.3, 0.4) is 0 Å². The van der Waals surface area contributed by atoms with Gasteiger partial charge >= 0.3 is 6.03 Å². The number of rotatable bonds is 1. The molecule has 0 saturated carbocycles. The molecule has 2 rings (SSSR count). The first-order valence-electron chi connectivity index (χ1n) is 7.45. The summed E-state index contributed by atoms with van der Waals surface area (Å²) in [4.78, 5) is 14.3. The van der Waals surface area contributed by atoms with Crippen molar-refractivity contribution in [2.45, 2.75) is 26.7 Å². The van der Waals surface area contributed by atoms with Gasteiger partial charge < -0.3 is 16.0 Å².